The number of nitrogens with zero attached hydrogens (tertiary/aromatic N) is 2. The standard InChI is InChI=1S/C21H21ClN2O3S2/c1-14-11-24(12-15(2)27-14)29(25,26)19-5-3-4-17(10-19)20-13-28-21(23-20)16-6-8-18(22)9-7-16/h3-10,13-15H,11-12H2,1-2H3. The van der Waals surface area contributed by atoms with Crippen molar-refractivity contribution >= 4 is 33.0 Å². The minimum Gasteiger partial charge on any atom is -0.373 e. The predicted molar refractivity (Wildman–Crippen MR) is 117 cm³/mol. The molecule has 4 rings (SSSR count). The Labute approximate surface area is 180 Å². The van der Waals surface area contributed by atoms with E-state index >= 15 is 0 Å². The third-order valence-electron chi connectivity index (χ3n) is 4.75. The second kappa shape index (κ2) is 8.16. The second-order valence-corrected chi connectivity index (χ2v) is 10.4. The van der Waals surface area contributed by atoms with E-state index < -0.39 is 10.0 Å². The zero-order valence-electron chi connectivity index (χ0n) is 16.1. The highest BCUT2D eigenvalue weighted by molar-refractivity contribution is 7.89. The lowest BCUT2D eigenvalue weighted by Crippen LogP contribution is -2.48. The third-order valence-corrected chi connectivity index (χ3v) is 7.72. The lowest BCUT2D eigenvalue weighted by molar-refractivity contribution is -0.0440. The first kappa shape index (κ1) is 20.5. The molecule has 1 aliphatic heterocycles. The molecular weight excluding hydrogens is 428 g/mol. The molecule has 0 amide bonds. The maximum atomic E-state index is 13.2. The molecule has 1 aromatic heterocycles. The van der Waals surface area contributed by atoms with E-state index in [1.165, 1.54) is 15.6 Å². The number of halogens is 1. The average Bonchev–Trinajstić information content (AvgIpc) is 3.18. The first-order valence-corrected chi connectivity index (χ1v) is 12.0. The van der Waals surface area contributed by atoms with Crippen molar-refractivity contribution in [3.8, 4) is 21.8 Å². The van der Waals surface area contributed by atoms with Gasteiger partial charge < -0.3 is 4.74 Å². The van der Waals surface area contributed by atoms with Crippen LogP contribution in [0.4, 0.5) is 0 Å². The Kier molecular flexibility index (Phi) is 5.77. The van der Waals surface area contributed by atoms with Crippen LogP contribution in [-0.2, 0) is 14.8 Å². The van der Waals surface area contributed by atoms with E-state index in [1.807, 2.05) is 49.6 Å². The smallest absolute Gasteiger partial charge is 0.243 e. The van der Waals surface area contributed by atoms with Crippen molar-refractivity contribution in [2.24, 2.45) is 0 Å². The van der Waals surface area contributed by atoms with Gasteiger partial charge in [-0.15, -0.1) is 11.3 Å². The van der Waals surface area contributed by atoms with E-state index in [-0.39, 0.29) is 17.1 Å². The molecule has 2 unspecified atom stereocenters. The first-order valence-electron chi connectivity index (χ1n) is 9.30. The largest absolute Gasteiger partial charge is 0.373 e. The van der Waals surface area contributed by atoms with E-state index in [0.29, 0.717) is 18.1 Å². The summed E-state index contributed by atoms with van der Waals surface area (Å²) in [5, 5.41) is 3.48. The summed E-state index contributed by atoms with van der Waals surface area (Å²) in [6, 6.07) is 14.5. The molecule has 2 aromatic carbocycles. The fourth-order valence-electron chi connectivity index (χ4n) is 3.42. The number of morpholine rings is 1. The molecule has 2 heterocycles. The van der Waals surface area contributed by atoms with Crippen molar-refractivity contribution in [1.29, 1.82) is 0 Å². The van der Waals surface area contributed by atoms with Gasteiger partial charge in [0.1, 0.15) is 5.01 Å². The van der Waals surface area contributed by atoms with E-state index in [9.17, 15) is 8.42 Å². The molecule has 0 aliphatic carbocycles. The van der Waals surface area contributed by atoms with Gasteiger partial charge in [-0.05, 0) is 38.1 Å². The Morgan fingerprint density at radius 1 is 1.07 bits per heavy atom. The van der Waals surface area contributed by atoms with Gasteiger partial charge in [0.2, 0.25) is 10.0 Å². The quantitative estimate of drug-likeness (QED) is 0.567. The maximum absolute atomic E-state index is 13.2. The molecular formula is C21H21ClN2O3S2. The van der Waals surface area contributed by atoms with Crippen molar-refractivity contribution in [2.75, 3.05) is 13.1 Å². The van der Waals surface area contributed by atoms with Crippen molar-refractivity contribution in [3.63, 3.8) is 0 Å². The molecule has 0 N–H and O–H groups in total. The number of hydrogen-bond acceptors (Lipinski definition) is 5. The summed E-state index contributed by atoms with van der Waals surface area (Å²) >= 11 is 7.47. The molecule has 152 valence electrons. The molecule has 0 radical (unpaired) electrons. The molecule has 29 heavy (non-hydrogen) atoms. The highest BCUT2D eigenvalue weighted by Gasteiger charge is 2.32. The molecule has 1 aliphatic rings. The SMILES string of the molecule is CC1CN(S(=O)(=O)c2cccc(-c3csc(-c4ccc(Cl)cc4)n3)c2)CC(C)O1. The van der Waals surface area contributed by atoms with Crippen LogP contribution < -0.4 is 0 Å². The number of thiazole rings is 1. The zero-order chi connectivity index (χ0) is 20.6. The molecule has 0 spiro atoms. The summed E-state index contributed by atoms with van der Waals surface area (Å²) in [5.74, 6) is 0. The van der Waals surface area contributed by atoms with Crippen molar-refractivity contribution in [2.45, 2.75) is 31.0 Å². The van der Waals surface area contributed by atoms with Crippen LogP contribution in [0.5, 0.6) is 0 Å². The highest BCUT2D eigenvalue weighted by atomic mass is 35.5. The number of ether oxygens (including phenoxy) is 1. The molecule has 5 nitrogen and oxygen atoms in total. The molecule has 1 saturated heterocycles. The predicted octanol–water partition coefficient (Wildman–Crippen LogP) is 4.93. The Morgan fingerprint density at radius 3 is 2.45 bits per heavy atom. The van der Waals surface area contributed by atoms with Gasteiger partial charge in [0, 0.05) is 34.6 Å². The minimum atomic E-state index is -3.59. The van der Waals surface area contributed by atoms with E-state index in [4.69, 9.17) is 16.3 Å². The van der Waals surface area contributed by atoms with Gasteiger partial charge >= 0.3 is 0 Å². The summed E-state index contributed by atoms with van der Waals surface area (Å²) in [6.07, 6.45) is -0.255. The Bertz CT molecular complexity index is 1100. The summed E-state index contributed by atoms with van der Waals surface area (Å²) in [6.45, 7) is 4.49. The van der Waals surface area contributed by atoms with Crippen LogP contribution in [0, 0.1) is 0 Å². The third kappa shape index (κ3) is 4.39. The number of aromatic nitrogens is 1. The van der Waals surface area contributed by atoms with Crippen molar-refractivity contribution < 1.29 is 13.2 Å². The number of hydrogen-bond donors (Lipinski definition) is 0. The summed E-state index contributed by atoms with van der Waals surface area (Å²) < 4.78 is 33.5. The lowest BCUT2D eigenvalue weighted by atomic mass is 10.2. The van der Waals surface area contributed by atoms with Crippen molar-refractivity contribution in [3.05, 3.63) is 58.9 Å². The lowest BCUT2D eigenvalue weighted by Gasteiger charge is -2.34. The number of sulfonamides is 1. The van der Waals surface area contributed by atoms with Gasteiger partial charge in [-0.25, -0.2) is 13.4 Å². The molecule has 3 aromatic rings. The normalized spacial score (nSPS) is 20.7. The van der Waals surface area contributed by atoms with Gasteiger partial charge in [-0.1, -0.05) is 35.9 Å². The number of rotatable bonds is 4. The fourth-order valence-corrected chi connectivity index (χ4v) is 6.02. The Balaban J connectivity index is 1.63. The Hall–Kier alpha value is -1.77. The van der Waals surface area contributed by atoms with Crippen LogP contribution in [-0.4, -0.2) is 43.0 Å². The van der Waals surface area contributed by atoms with Gasteiger partial charge in [-0.3, -0.25) is 0 Å². The van der Waals surface area contributed by atoms with Gasteiger partial charge in [0.15, 0.2) is 0 Å². The zero-order valence-corrected chi connectivity index (χ0v) is 18.5. The highest BCUT2D eigenvalue weighted by Crippen LogP contribution is 2.31. The van der Waals surface area contributed by atoms with Gasteiger partial charge in [0.25, 0.3) is 0 Å². The van der Waals surface area contributed by atoms with Crippen LogP contribution in [0.25, 0.3) is 21.8 Å². The number of benzene rings is 2. The van der Waals surface area contributed by atoms with Crippen LogP contribution in [0.1, 0.15) is 13.8 Å². The van der Waals surface area contributed by atoms with Crippen molar-refractivity contribution in [1.82, 2.24) is 9.29 Å². The first-order chi connectivity index (χ1) is 13.8. The van der Waals surface area contributed by atoms with Gasteiger partial charge in [-0.2, -0.15) is 4.31 Å². The monoisotopic (exact) mass is 448 g/mol. The van der Waals surface area contributed by atoms with E-state index in [2.05, 4.69) is 4.98 Å². The minimum absolute atomic E-state index is 0.128. The summed E-state index contributed by atoms with van der Waals surface area (Å²) in [5.41, 5.74) is 2.50. The molecule has 2 atom stereocenters. The molecule has 1 fully saturated rings. The maximum Gasteiger partial charge on any atom is 0.243 e. The van der Waals surface area contributed by atoms with Crippen LogP contribution in [0.2, 0.25) is 5.02 Å². The second-order valence-electron chi connectivity index (χ2n) is 7.15. The molecule has 0 bridgehead atoms. The Morgan fingerprint density at radius 2 is 1.76 bits per heavy atom. The average molecular weight is 449 g/mol. The molecule has 0 saturated carbocycles. The summed E-state index contributed by atoms with van der Waals surface area (Å²) in [7, 11) is -3.59. The van der Waals surface area contributed by atoms with Crippen LogP contribution >= 0.6 is 22.9 Å². The topological polar surface area (TPSA) is 59.5 Å². The fraction of sp³-hybridized carbons (Fsp3) is 0.286. The van der Waals surface area contributed by atoms with E-state index in [1.54, 1.807) is 18.2 Å². The molecule has 8 heteroatoms. The van der Waals surface area contributed by atoms with Crippen LogP contribution in [0.15, 0.2) is 58.8 Å². The van der Waals surface area contributed by atoms with E-state index in [0.717, 1.165) is 21.8 Å². The van der Waals surface area contributed by atoms with Crippen LogP contribution in [0.3, 0.4) is 0 Å². The summed E-state index contributed by atoms with van der Waals surface area (Å²) in [4.78, 5) is 4.96. The van der Waals surface area contributed by atoms with Gasteiger partial charge in [0.05, 0.1) is 22.8 Å².